The normalized spacial score (nSPS) is 23.6. The fourth-order valence-corrected chi connectivity index (χ4v) is 11.2. The molecule has 57 heavy (non-hydrogen) atoms. The number of carbonyl (C=O) groups is 4. The summed E-state index contributed by atoms with van der Waals surface area (Å²) in [7, 11) is 0. The molecule has 4 heterocycles. The first-order chi connectivity index (χ1) is 26.9. The van der Waals surface area contributed by atoms with Crippen molar-refractivity contribution in [1.82, 2.24) is 0 Å². The van der Waals surface area contributed by atoms with E-state index >= 15 is 0 Å². The number of fused-ring (bicyclic) bond motifs is 9. The first-order valence-electron chi connectivity index (χ1n) is 18.4. The third kappa shape index (κ3) is 5.35. The maximum atomic E-state index is 13.6. The minimum absolute atomic E-state index is 0.0194. The van der Waals surface area contributed by atoms with Crippen LogP contribution >= 0.6 is 22.7 Å². The number of aryl methyl sites for hydroxylation is 1. The highest BCUT2D eigenvalue weighted by molar-refractivity contribution is 7.14. The van der Waals surface area contributed by atoms with Gasteiger partial charge < -0.3 is 9.47 Å². The number of ketones is 4. The highest BCUT2D eigenvalue weighted by Crippen LogP contribution is 2.55. The van der Waals surface area contributed by atoms with Crippen molar-refractivity contribution in [1.29, 1.82) is 0 Å². The molecule has 0 radical (unpaired) electrons. The number of benzene rings is 2. The fourth-order valence-electron chi connectivity index (χ4n) is 8.61. The topological polar surface area (TPSA) is 86.7 Å². The summed E-state index contributed by atoms with van der Waals surface area (Å²) < 4.78 is 54.2. The molecule has 0 bridgehead atoms. The van der Waals surface area contributed by atoms with Gasteiger partial charge in [0.2, 0.25) is 23.1 Å². The van der Waals surface area contributed by atoms with Gasteiger partial charge in [-0.05, 0) is 100 Å². The third-order valence-electron chi connectivity index (χ3n) is 11.5. The van der Waals surface area contributed by atoms with Gasteiger partial charge in [0, 0.05) is 75.9 Å². The molecule has 2 atom stereocenters. The van der Waals surface area contributed by atoms with Crippen molar-refractivity contribution in [3.8, 4) is 0 Å². The molecule has 2 unspecified atom stereocenters. The van der Waals surface area contributed by atoms with Crippen molar-refractivity contribution in [2.45, 2.75) is 52.0 Å². The van der Waals surface area contributed by atoms with Gasteiger partial charge in [-0.3, -0.25) is 19.2 Å². The van der Waals surface area contributed by atoms with E-state index in [1.807, 2.05) is 65.0 Å². The second kappa shape index (κ2) is 11.7. The van der Waals surface area contributed by atoms with Crippen LogP contribution in [0.5, 0.6) is 0 Å². The molecule has 6 aliphatic rings. The number of Topliss-reactive ketones (excluding diaryl/α,β-unsaturated/α-hetero) is 4. The lowest BCUT2D eigenvalue weighted by Crippen LogP contribution is -2.31. The number of hydrogen-bond donors (Lipinski definition) is 0. The predicted molar refractivity (Wildman–Crippen MR) is 213 cm³/mol. The summed E-state index contributed by atoms with van der Waals surface area (Å²) in [5.74, 6) is -1.38. The molecule has 0 fully saturated rings. The Hall–Kier alpha value is -5.65. The monoisotopic (exact) mass is 800 g/mol. The van der Waals surface area contributed by atoms with Gasteiger partial charge in [-0.25, -0.2) is 0 Å². The van der Waals surface area contributed by atoms with E-state index in [1.165, 1.54) is 17.4 Å². The molecule has 2 aromatic heterocycles. The molecule has 11 heteroatoms. The van der Waals surface area contributed by atoms with E-state index in [0.717, 1.165) is 66.4 Å². The molecule has 2 aliphatic heterocycles. The van der Waals surface area contributed by atoms with Crippen molar-refractivity contribution in [2.24, 2.45) is 11.8 Å². The van der Waals surface area contributed by atoms with Crippen LogP contribution in [0.2, 0.25) is 0 Å². The van der Waals surface area contributed by atoms with Crippen LogP contribution < -0.4 is 0 Å². The summed E-state index contributed by atoms with van der Waals surface area (Å²) in [6, 6.07) is 12.1. The second-order valence-electron chi connectivity index (χ2n) is 16.1. The maximum Gasteiger partial charge on any atom is 0.416 e. The molecule has 6 nitrogen and oxygen atoms in total. The van der Waals surface area contributed by atoms with Crippen LogP contribution in [-0.4, -0.2) is 23.1 Å². The summed E-state index contributed by atoms with van der Waals surface area (Å²) >= 11 is 2.95. The lowest BCUT2D eigenvalue weighted by molar-refractivity contribution is -0.137. The highest BCUT2D eigenvalue weighted by atomic mass is 32.1. The number of ether oxygens (including phenoxy) is 2. The zero-order valence-electron chi connectivity index (χ0n) is 31.1. The Morgan fingerprint density at radius 2 is 1.05 bits per heavy atom. The van der Waals surface area contributed by atoms with Gasteiger partial charge >= 0.3 is 6.18 Å². The fraction of sp³-hybridized carbons (Fsp3) is 0.217. The van der Waals surface area contributed by atoms with Gasteiger partial charge in [-0.2, -0.15) is 13.2 Å². The second-order valence-corrected chi connectivity index (χ2v) is 18.3. The number of alkyl halides is 3. The van der Waals surface area contributed by atoms with Crippen LogP contribution in [-0.2, 0) is 36.4 Å². The molecule has 0 saturated heterocycles. The minimum atomic E-state index is -4.63. The van der Waals surface area contributed by atoms with E-state index in [0.29, 0.717) is 27.3 Å². The summed E-state index contributed by atoms with van der Waals surface area (Å²) in [5, 5.41) is 0. The van der Waals surface area contributed by atoms with Gasteiger partial charge in [-0.1, -0.05) is 35.9 Å². The van der Waals surface area contributed by atoms with Crippen molar-refractivity contribution in [3.05, 3.63) is 148 Å². The standard InChI is InChI=1S/C46H31F3O6S2/c1-20-6-8-26-28(10-20)30(40(52)38(26)50)16-24-18-34-42(56-24)32-11-21-14-37-33(12-22(21)13-36(32)54-44(34,2)3)43-35(45(4,5)55-37)19-25(57-43)17-31-29-15-23(46(47,48)49)7-9-27(29)39(51)41(31)53/h6-19,21-22H,1-5H3/b30-16-,31-17-. The first kappa shape index (κ1) is 35.7. The van der Waals surface area contributed by atoms with E-state index < -0.39 is 46.1 Å². The Morgan fingerprint density at radius 3 is 1.53 bits per heavy atom. The van der Waals surface area contributed by atoms with Crippen molar-refractivity contribution < 1.29 is 41.8 Å². The Kier molecular flexibility index (Phi) is 7.34. The molecule has 4 aromatic rings. The Labute approximate surface area is 333 Å². The van der Waals surface area contributed by atoms with Crippen molar-refractivity contribution in [2.75, 3.05) is 0 Å². The number of rotatable bonds is 2. The molecule has 10 rings (SSSR count). The zero-order valence-corrected chi connectivity index (χ0v) is 32.8. The number of halogens is 3. The largest absolute Gasteiger partial charge is 0.483 e. The van der Waals surface area contributed by atoms with E-state index in [4.69, 9.17) is 9.47 Å². The summed E-state index contributed by atoms with van der Waals surface area (Å²) in [6.07, 6.45) is 7.26. The predicted octanol–water partition coefficient (Wildman–Crippen LogP) is 10.8. The molecule has 4 aliphatic carbocycles. The molecule has 284 valence electrons. The molecule has 0 N–H and O–H groups in total. The average molecular weight is 801 g/mol. The number of hydrogen-bond acceptors (Lipinski definition) is 8. The SMILES string of the molecule is Cc1ccc2c(c1)/C(=C/c1cc3c(s1)C1=CC4C=C5OC(C)(C)c6cc(/C=C7\C(=O)C(=O)c8ccc(C(F)(F)F)cc87)sc6C5=CC4C=C1OC3(C)C)C(=O)C2=O. The molecule has 2 aromatic carbocycles. The van der Waals surface area contributed by atoms with Gasteiger partial charge in [0.05, 0.1) is 5.56 Å². The first-order valence-corrected chi connectivity index (χ1v) is 20.0. The number of thiophene rings is 2. The summed E-state index contributed by atoms with van der Waals surface area (Å²) in [5.41, 5.74) is 3.60. The smallest absolute Gasteiger partial charge is 0.416 e. The average Bonchev–Trinajstić information content (AvgIpc) is 3.89. The summed E-state index contributed by atoms with van der Waals surface area (Å²) in [4.78, 5) is 55.2. The van der Waals surface area contributed by atoms with E-state index in [9.17, 15) is 32.3 Å². The van der Waals surface area contributed by atoms with Gasteiger partial charge in [-0.15, -0.1) is 22.7 Å². The van der Waals surface area contributed by atoms with Gasteiger partial charge in [0.15, 0.2) is 0 Å². The molecule has 0 saturated carbocycles. The van der Waals surface area contributed by atoms with E-state index in [-0.39, 0.29) is 28.5 Å². The van der Waals surface area contributed by atoms with Crippen molar-refractivity contribution >= 4 is 80.3 Å². The Morgan fingerprint density at radius 1 is 0.596 bits per heavy atom. The quantitative estimate of drug-likeness (QED) is 0.148. The van der Waals surface area contributed by atoms with Crippen LogP contribution in [0.25, 0.3) is 34.4 Å². The van der Waals surface area contributed by atoms with Crippen LogP contribution in [0.4, 0.5) is 13.2 Å². The van der Waals surface area contributed by atoms with Crippen LogP contribution in [0, 0.1) is 18.8 Å². The lowest BCUT2D eigenvalue weighted by atomic mass is 9.76. The van der Waals surface area contributed by atoms with Crippen LogP contribution in [0.3, 0.4) is 0 Å². The number of allylic oxidation sites excluding steroid dienone is 8. The third-order valence-corrected chi connectivity index (χ3v) is 13.7. The van der Waals surface area contributed by atoms with Crippen molar-refractivity contribution in [3.63, 3.8) is 0 Å². The Balaban J connectivity index is 1.01. The zero-order chi connectivity index (χ0) is 40.1. The van der Waals surface area contributed by atoms with Crippen LogP contribution in [0.1, 0.15) is 101 Å². The minimum Gasteiger partial charge on any atom is -0.483 e. The number of carbonyl (C=O) groups excluding carboxylic acids is 4. The Bertz CT molecular complexity index is 2830. The summed E-state index contributed by atoms with van der Waals surface area (Å²) in [6.45, 7) is 9.84. The molecular formula is C46H31F3O6S2. The maximum absolute atomic E-state index is 13.6. The highest BCUT2D eigenvalue weighted by Gasteiger charge is 2.44. The molecule has 0 spiro atoms. The van der Waals surface area contributed by atoms with Crippen LogP contribution in [0.15, 0.2) is 84.4 Å². The molecule has 0 amide bonds. The molecular weight excluding hydrogens is 770 g/mol. The van der Waals surface area contributed by atoms with Gasteiger partial charge in [0.1, 0.15) is 22.7 Å². The van der Waals surface area contributed by atoms with Gasteiger partial charge in [0.25, 0.3) is 0 Å². The van der Waals surface area contributed by atoms with E-state index in [2.05, 4.69) is 24.3 Å². The van der Waals surface area contributed by atoms with E-state index in [1.54, 1.807) is 17.4 Å². The lowest BCUT2D eigenvalue weighted by Gasteiger charge is -2.40.